The van der Waals surface area contributed by atoms with E-state index in [-0.39, 0.29) is 23.4 Å². The van der Waals surface area contributed by atoms with E-state index in [1.807, 2.05) is 39.0 Å². The van der Waals surface area contributed by atoms with Crippen molar-refractivity contribution in [2.45, 2.75) is 39.8 Å². The molecule has 2 aromatic rings. The molecule has 0 aliphatic rings. The Bertz CT molecular complexity index is 768. The molecule has 1 aromatic carbocycles. The van der Waals surface area contributed by atoms with Crippen LogP contribution in [0.2, 0.25) is 0 Å². The van der Waals surface area contributed by atoms with Gasteiger partial charge in [0, 0.05) is 13.5 Å². The van der Waals surface area contributed by atoms with Crippen molar-refractivity contribution >= 4 is 16.8 Å². The van der Waals surface area contributed by atoms with E-state index in [2.05, 4.69) is 10.3 Å². The molecule has 2 rings (SSSR count). The highest BCUT2D eigenvalue weighted by atomic mass is 16.5. The number of ether oxygens (including phenoxy) is 1. The van der Waals surface area contributed by atoms with Crippen molar-refractivity contribution in [1.82, 2.24) is 14.9 Å². The van der Waals surface area contributed by atoms with E-state index in [0.29, 0.717) is 36.3 Å². The minimum absolute atomic E-state index is 0.0433. The number of benzene rings is 1. The second kappa shape index (κ2) is 8.06. The lowest BCUT2D eigenvalue weighted by molar-refractivity contribution is -0.122. The van der Waals surface area contributed by atoms with Crippen LogP contribution >= 0.6 is 0 Å². The third kappa shape index (κ3) is 4.20. The Morgan fingerprint density at radius 3 is 2.67 bits per heavy atom. The molecule has 0 saturated heterocycles. The van der Waals surface area contributed by atoms with Crippen LogP contribution in [0.4, 0.5) is 0 Å². The highest BCUT2D eigenvalue weighted by Crippen LogP contribution is 2.14. The number of nitrogens with one attached hydrogen (secondary N) is 1. The van der Waals surface area contributed by atoms with E-state index in [9.17, 15) is 9.59 Å². The summed E-state index contributed by atoms with van der Waals surface area (Å²) in [5, 5.41) is 3.50. The maximum atomic E-state index is 12.8. The Labute approximate surface area is 141 Å². The Kier molecular flexibility index (Phi) is 6.09. The van der Waals surface area contributed by atoms with Gasteiger partial charge in [-0.2, -0.15) is 0 Å². The average molecular weight is 331 g/mol. The summed E-state index contributed by atoms with van der Waals surface area (Å²) >= 11 is 0. The molecule has 1 unspecified atom stereocenters. The summed E-state index contributed by atoms with van der Waals surface area (Å²) in [6, 6.07) is 6.88. The molecule has 1 aromatic heterocycles. The van der Waals surface area contributed by atoms with Gasteiger partial charge < -0.3 is 10.1 Å². The predicted octanol–water partition coefficient (Wildman–Crippen LogP) is 2.27. The summed E-state index contributed by atoms with van der Waals surface area (Å²) < 4.78 is 6.70. The number of carbonyl (C=O) groups excluding carboxylic acids is 1. The maximum absolute atomic E-state index is 12.8. The molecular formula is C18H25N3O3. The number of nitrogens with zero attached hydrogens (tertiary/aromatic N) is 2. The number of fused-ring (bicyclic) bond motifs is 1. The lowest BCUT2D eigenvalue weighted by atomic mass is 10.1. The molecule has 0 radical (unpaired) electrons. The third-order valence-corrected chi connectivity index (χ3v) is 3.77. The fraction of sp³-hybridized carbons (Fsp3) is 0.500. The molecule has 0 aliphatic carbocycles. The van der Waals surface area contributed by atoms with Gasteiger partial charge in [0.25, 0.3) is 5.56 Å². The SMILES string of the molecule is COCCn1c(C(C)NC(=O)CC(C)C)nc2ccccc2c1=O. The standard InChI is InChI=1S/C18H25N3O3/c1-12(2)11-16(22)19-13(3)17-20-15-8-6-5-7-14(15)18(23)21(17)9-10-24-4/h5-8,12-13H,9-11H2,1-4H3,(H,19,22). The smallest absolute Gasteiger partial charge is 0.261 e. The first-order valence-corrected chi connectivity index (χ1v) is 8.21. The minimum Gasteiger partial charge on any atom is -0.383 e. The zero-order valence-corrected chi connectivity index (χ0v) is 14.7. The van der Waals surface area contributed by atoms with Gasteiger partial charge in [-0.25, -0.2) is 4.98 Å². The van der Waals surface area contributed by atoms with Crippen molar-refractivity contribution in [1.29, 1.82) is 0 Å². The first kappa shape index (κ1) is 18.1. The van der Waals surface area contributed by atoms with E-state index >= 15 is 0 Å². The van der Waals surface area contributed by atoms with Gasteiger partial charge in [0.05, 0.1) is 30.1 Å². The van der Waals surface area contributed by atoms with Crippen LogP contribution in [0.1, 0.15) is 39.1 Å². The summed E-state index contributed by atoms with van der Waals surface area (Å²) in [5.41, 5.74) is 0.522. The average Bonchev–Trinajstić information content (AvgIpc) is 2.53. The van der Waals surface area contributed by atoms with Crippen molar-refractivity contribution in [3.05, 3.63) is 40.4 Å². The molecule has 0 saturated carbocycles. The topological polar surface area (TPSA) is 73.2 Å². The number of amides is 1. The molecule has 0 fully saturated rings. The summed E-state index contributed by atoms with van der Waals surface area (Å²) in [7, 11) is 1.59. The van der Waals surface area contributed by atoms with E-state index < -0.39 is 0 Å². The van der Waals surface area contributed by atoms with Gasteiger partial charge in [0.2, 0.25) is 5.91 Å². The number of methoxy groups -OCH3 is 1. The van der Waals surface area contributed by atoms with Gasteiger partial charge in [-0.3, -0.25) is 14.2 Å². The highest BCUT2D eigenvalue weighted by molar-refractivity contribution is 5.78. The zero-order valence-electron chi connectivity index (χ0n) is 14.7. The number of hydrogen-bond acceptors (Lipinski definition) is 4. The van der Waals surface area contributed by atoms with Crippen LogP contribution in [0.25, 0.3) is 10.9 Å². The van der Waals surface area contributed by atoms with Gasteiger partial charge in [-0.1, -0.05) is 26.0 Å². The largest absolute Gasteiger partial charge is 0.383 e. The maximum Gasteiger partial charge on any atom is 0.261 e. The Balaban J connectivity index is 2.42. The number of aromatic nitrogens is 2. The van der Waals surface area contributed by atoms with Gasteiger partial charge in [-0.05, 0) is 25.0 Å². The molecule has 6 nitrogen and oxygen atoms in total. The fourth-order valence-corrected chi connectivity index (χ4v) is 2.65. The summed E-state index contributed by atoms with van der Waals surface area (Å²) in [4.78, 5) is 29.5. The van der Waals surface area contributed by atoms with Crippen molar-refractivity contribution in [3.63, 3.8) is 0 Å². The van der Waals surface area contributed by atoms with Gasteiger partial charge in [-0.15, -0.1) is 0 Å². The summed E-state index contributed by atoms with van der Waals surface area (Å²) in [6.07, 6.45) is 0.445. The van der Waals surface area contributed by atoms with Gasteiger partial charge in [0.15, 0.2) is 0 Å². The molecule has 1 N–H and O–H groups in total. The first-order valence-electron chi connectivity index (χ1n) is 8.21. The van der Waals surface area contributed by atoms with Crippen molar-refractivity contribution in [3.8, 4) is 0 Å². The first-order chi connectivity index (χ1) is 11.4. The van der Waals surface area contributed by atoms with Crippen LogP contribution in [0.3, 0.4) is 0 Å². The molecule has 1 atom stereocenters. The summed E-state index contributed by atoms with van der Waals surface area (Å²) in [6.45, 7) is 6.63. The van der Waals surface area contributed by atoms with Crippen LogP contribution in [0, 0.1) is 5.92 Å². The van der Waals surface area contributed by atoms with Crippen LogP contribution in [0.15, 0.2) is 29.1 Å². The number of hydrogen-bond donors (Lipinski definition) is 1. The van der Waals surface area contributed by atoms with E-state index in [1.165, 1.54) is 0 Å². The predicted molar refractivity (Wildman–Crippen MR) is 93.9 cm³/mol. The zero-order chi connectivity index (χ0) is 17.7. The molecule has 0 spiro atoms. The fourth-order valence-electron chi connectivity index (χ4n) is 2.65. The Hall–Kier alpha value is -2.21. The second-order valence-electron chi connectivity index (χ2n) is 6.32. The van der Waals surface area contributed by atoms with Crippen molar-refractivity contribution in [2.75, 3.05) is 13.7 Å². The highest BCUT2D eigenvalue weighted by Gasteiger charge is 2.18. The Morgan fingerprint density at radius 2 is 2.00 bits per heavy atom. The Morgan fingerprint density at radius 1 is 1.29 bits per heavy atom. The van der Waals surface area contributed by atoms with Gasteiger partial charge >= 0.3 is 0 Å². The van der Waals surface area contributed by atoms with Crippen molar-refractivity contribution < 1.29 is 9.53 Å². The molecule has 130 valence electrons. The monoisotopic (exact) mass is 331 g/mol. The van der Waals surface area contributed by atoms with Crippen LogP contribution in [-0.2, 0) is 16.1 Å². The minimum atomic E-state index is -0.356. The van der Waals surface area contributed by atoms with E-state index in [4.69, 9.17) is 4.74 Å². The van der Waals surface area contributed by atoms with Crippen molar-refractivity contribution in [2.24, 2.45) is 5.92 Å². The number of carbonyl (C=O) groups is 1. The quantitative estimate of drug-likeness (QED) is 0.845. The summed E-state index contributed by atoms with van der Waals surface area (Å²) in [5.74, 6) is 0.781. The van der Waals surface area contributed by atoms with E-state index in [0.717, 1.165) is 0 Å². The number of para-hydroxylation sites is 1. The molecule has 1 heterocycles. The molecule has 0 bridgehead atoms. The molecule has 6 heteroatoms. The second-order valence-corrected chi connectivity index (χ2v) is 6.32. The van der Waals surface area contributed by atoms with E-state index in [1.54, 1.807) is 17.7 Å². The van der Waals surface area contributed by atoms with Crippen LogP contribution < -0.4 is 10.9 Å². The molecule has 24 heavy (non-hydrogen) atoms. The van der Waals surface area contributed by atoms with Crippen LogP contribution in [0.5, 0.6) is 0 Å². The lowest BCUT2D eigenvalue weighted by Crippen LogP contribution is -2.35. The molecule has 1 amide bonds. The normalized spacial score (nSPS) is 12.5. The lowest BCUT2D eigenvalue weighted by Gasteiger charge is -2.20. The number of rotatable bonds is 7. The van der Waals surface area contributed by atoms with Gasteiger partial charge in [0.1, 0.15) is 5.82 Å². The van der Waals surface area contributed by atoms with Crippen LogP contribution in [-0.4, -0.2) is 29.2 Å². The molecular weight excluding hydrogens is 306 g/mol. The third-order valence-electron chi connectivity index (χ3n) is 3.77. The molecule has 0 aliphatic heterocycles.